The van der Waals surface area contributed by atoms with Gasteiger partial charge in [0.15, 0.2) is 0 Å². The molecule has 1 N–H and O–H groups in total. The largest absolute Gasteiger partial charge is 0.481 e. The summed E-state index contributed by atoms with van der Waals surface area (Å²) in [4.78, 5) is 11.0. The summed E-state index contributed by atoms with van der Waals surface area (Å²) >= 11 is 0. The molecule has 0 aromatic heterocycles. The van der Waals surface area contributed by atoms with Gasteiger partial charge in [-0.05, 0) is 18.1 Å². The van der Waals surface area contributed by atoms with Gasteiger partial charge in [-0.2, -0.15) is 0 Å². The molecule has 1 aromatic carbocycles. The molecule has 1 atom stereocenters. The molecular formula is C14H18F2O2. The van der Waals surface area contributed by atoms with Crippen molar-refractivity contribution < 1.29 is 18.7 Å². The summed E-state index contributed by atoms with van der Waals surface area (Å²) in [5.74, 6) is -5.47. The molecule has 0 aliphatic rings. The third-order valence-electron chi connectivity index (χ3n) is 3.11. The highest BCUT2D eigenvalue weighted by Crippen LogP contribution is 2.36. The Morgan fingerprint density at radius 1 is 1.39 bits per heavy atom. The first-order chi connectivity index (χ1) is 8.30. The fourth-order valence-electron chi connectivity index (χ4n) is 1.85. The third kappa shape index (κ3) is 2.86. The number of halogens is 2. The smallest absolute Gasteiger partial charge is 0.310 e. The van der Waals surface area contributed by atoms with E-state index in [9.17, 15) is 13.6 Å². The molecule has 0 saturated carbocycles. The van der Waals surface area contributed by atoms with Crippen molar-refractivity contribution in [3.8, 4) is 0 Å². The zero-order chi connectivity index (χ0) is 13.9. The highest BCUT2D eigenvalue weighted by atomic mass is 19.3. The Bertz CT molecular complexity index is 428. The Hall–Kier alpha value is -1.45. The molecule has 100 valence electrons. The van der Waals surface area contributed by atoms with Crippen LogP contribution in [0.2, 0.25) is 0 Å². The molecule has 1 aromatic rings. The molecule has 0 aliphatic carbocycles. The molecule has 0 fully saturated rings. The predicted octanol–water partition coefficient (Wildman–Crippen LogP) is 4.01. The maximum Gasteiger partial charge on any atom is 0.310 e. The Kier molecular flexibility index (Phi) is 4.43. The first-order valence-electron chi connectivity index (χ1n) is 6.01. The molecule has 1 unspecified atom stereocenters. The SMILES string of the molecule is CCC(C(=O)O)c1cccc(C(F)(F)C(C)C)c1. The van der Waals surface area contributed by atoms with Crippen LogP contribution in [0.5, 0.6) is 0 Å². The first-order valence-corrected chi connectivity index (χ1v) is 6.01. The van der Waals surface area contributed by atoms with Crippen LogP contribution in [0.15, 0.2) is 24.3 Å². The van der Waals surface area contributed by atoms with Gasteiger partial charge in [-0.25, -0.2) is 8.78 Å². The van der Waals surface area contributed by atoms with Crippen LogP contribution in [-0.4, -0.2) is 11.1 Å². The lowest BCUT2D eigenvalue weighted by molar-refractivity contribution is -0.138. The van der Waals surface area contributed by atoms with E-state index in [2.05, 4.69) is 0 Å². The van der Waals surface area contributed by atoms with Crippen LogP contribution in [0.3, 0.4) is 0 Å². The first kappa shape index (κ1) is 14.6. The van der Waals surface area contributed by atoms with Crippen molar-refractivity contribution in [3.63, 3.8) is 0 Å². The molecule has 0 radical (unpaired) electrons. The van der Waals surface area contributed by atoms with Crippen LogP contribution in [0.4, 0.5) is 8.78 Å². The van der Waals surface area contributed by atoms with Crippen molar-refractivity contribution in [2.24, 2.45) is 5.92 Å². The Balaban J connectivity index is 3.17. The van der Waals surface area contributed by atoms with Crippen molar-refractivity contribution in [2.75, 3.05) is 0 Å². The molecule has 18 heavy (non-hydrogen) atoms. The number of hydrogen-bond donors (Lipinski definition) is 1. The van der Waals surface area contributed by atoms with E-state index in [1.54, 1.807) is 13.0 Å². The number of alkyl halides is 2. The van der Waals surface area contributed by atoms with E-state index in [0.29, 0.717) is 12.0 Å². The zero-order valence-electron chi connectivity index (χ0n) is 10.8. The van der Waals surface area contributed by atoms with Gasteiger partial charge in [0.1, 0.15) is 0 Å². The van der Waals surface area contributed by atoms with Gasteiger partial charge < -0.3 is 5.11 Å². The second kappa shape index (κ2) is 5.46. The number of rotatable bonds is 5. The van der Waals surface area contributed by atoms with Crippen LogP contribution < -0.4 is 0 Å². The average molecular weight is 256 g/mol. The lowest BCUT2D eigenvalue weighted by atomic mass is 9.91. The zero-order valence-corrected chi connectivity index (χ0v) is 10.8. The maximum absolute atomic E-state index is 13.9. The minimum atomic E-state index is -2.94. The average Bonchev–Trinajstić information content (AvgIpc) is 2.29. The van der Waals surface area contributed by atoms with Gasteiger partial charge in [-0.15, -0.1) is 0 Å². The monoisotopic (exact) mass is 256 g/mol. The Labute approximate surface area is 106 Å². The van der Waals surface area contributed by atoms with Crippen molar-refractivity contribution in [2.45, 2.75) is 39.0 Å². The van der Waals surface area contributed by atoms with E-state index < -0.39 is 23.7 Å². The quantitative estimate of drug-likeness (QED) is 0.864. The minimum absolute atomic E-state index is 0.116. The van der Waals surface area contributed by atoms with Crippen LogP contribution in [0, 0.1) is 5.92 Å². The second-order valence-corrected chi connectivity index (χ2v) is 4.70. The summed E-state index contributed by atoms with van der Waals surface area (Å²) in [7, 11) is 0. The van der Waals surface area contributed by atoms with E-state index in [-0.39, 0.29) is 5.56 Å². The van der Waals surface area contributed by atoms with Crippen LogP contribution in [0.1, 0.15) is 44.2 Å². The lowest BCUT2D eigenvalue weighted by Gasteiger charge is -2.22. The number of carboxylic acid groups (broad SMARTS) is 1. The molecule has 0 amide bonds. The molecule has 0 saturated heterocycles. The van der Waals surface area contributed by atoms with E-state index in [0.717, 1.165) is 0 Å². The summed E-state index contributed by atoms with van der Waals surface area (Å²) in [6.45, 7) is 4.62. The van der Waals surface area contributed by atoms with E-state index in [1.807, 2.05) is 0 Å². The Morgan fingerprint density at radius 2 is 2.00 bits per heavy atom. The standard InChI is InChI=1S/C14H18F2O2/c1-4-12(13(17)18)10-6-5-7-11(8-10)14(15,16)9(2)3/h5-9,12H,4H2,1-3H3,(H,17,18). The molecule has 0 bridgehead atoms. The molecule has 0 aliphatic heterocycles. The predicted molar refractivity (Wildman–Crippen MR) is 65.8 cm³/mol. The number of benzene rings is 1. The summed E-state index contributed by atoms with van der Waals surface area (Å²) < 4.78 is 27.8. The van der Waals surface area contributed by atoms with Crippen molar-refractivity contribution in [3.05, 3.63) is 35.4 Å². The van der Waals surface area contributed by atoms with Crippen LogP contribution >= 0.6 is 0 Å². The summed E-state index contributed by atoms with van der Waals surface area (Å²) in [6, 6.07) is 5.73. The highest BCUT2D eigenvalue weighted by molar-refractivity contribution is 5.76. The second-order valence-electron chi connectivity index (χ2n) is 4.70. The van der Waals surface area contributed by atoms with Gasteiger partial charge in [0, 0.05) is 11.5 Å². The fourth-order valence-corrected chi connectivity index (χ4v) is 1.85. The van der Waals surface area contributed by atoms with Gasteiger partial charge in [0.2, 0.25) is 0 Å². The molecule has 0 heterocycles. The summed E-state index contributed by atoms with van der Waals surface area (Å²) in [5, 5.41) is 9.04. The van der Waals surface area contributed by atoms with Crippen LogP contribution in [0.25, 0.3) is 0 Å². The molecule has 4 heteroatoms. The van der Waals surface area contributed by atoms with E-state index >= 15 is 0 Å². The molecular weight excluding hydrogens is 238 g/mol. The molecule has 2 nitrogen and oxygen atoms in total. The number of carbonyl (C=O) groups is 1. The highest BCUT2D eigenvalue weighted by Gasteiger charge is 2.36. The minimum Gasteiger partial charge on any atom is -0.481 e. The number of carboxylic acids is 1. The maximum atomic E-state index is 13.9. The summed E-state index contributed by atoms with van der Waals surface area (Å²) in [6.07, 6.45) is 0.381. The van der Waals surface area contributed by atoms with Gasteiger partial charge in [-0.1, -0.05) is 39.0 Å². The van der Waals surface area contributed by atoms with Gasteiger partial charge in [-0.3, -0.25) is 4.79 Å². The Morgan fingerprint density at radius 3 is 2.44 bits per heavy atom. The van der Waals surface area contributed by atoms with Gasteiger partial charge >= 0.3 is 5.97 Å². The van der Waals surface area contributed by atoms with Crippen molar-refractivity contribution in [1.82, 2.24) is 0 Å². The van der Waals surface area contributed by atoms with Gasteiger partial charge in [0.05, 0.1) is 5.92 Å². The third-order valence-corrected chi connectivity index (χ3v) is 3.11. The number of aliphatic carboxylic acids is 1. The van der Waals surface area contributed by atoms with Crippen molar-refractivity contribution >= 4 is 5.97 Å². The van der Waals surface area contributed by atoms with E-state index in [1.165, 1.54) is 32.0 Å². The number of hydrogen-bond acceptors (Lipinski definition) is 1. The van der Waals surface area contributed by atoms with E-state index in [4.69, 9.17) is 5.11 Å². The van der Waals surface area contributed by atoms with Gasteiger partial charge in [0.25, 0.3) is 5.92 Å². The van der Waals surface area contributed by atoms with Crippen LogP contribution in [-0.2, 0) is 10.7 Å². The fraction of sp³-hybridized carbons (Fsp3) is 0.500. The summed E-state index contributed by atoms with van der Waals surface area (Å²) in [5.41, 5.74) is 0.317. The molecule has 0 spiro atoms. The lowest BCUT2D eigenvalue weighted by Crippen LogP contribution is -2.21. The topological polar surface area (TPSA) is 37.3 Å². The van der Waals surface area contributed by atoms with Crippen molar-refractivity contribution in [1.29, 1.82) is 0 Å². The molecule has 1 rings (SSSR count). The normalized spacial score (nSPS) is 13.7.